The van der Waals surface area contributed by atoms with E-state index in [4.69, 9.17) is 21.7 Å². The second-order valence-corrected chi connectivity index (χ2v) is 7.30. The summed E-state index contributed by atoms with van der Waals surface area (Å²) in [7, 11) is 0. The van der Waals surface area contributed by atoms with Gasteiger partial charge in [0.05, 0.1) is 13.0 Å². The van der Waals surface area contributed by atoms with Gasteiger partial charge in [-0.3, -0.25) is 19.2 Å². The van der Waals surface area contributed by atoms with Crippen molar-refractivity contribution < 1.29 is 34.2 Å². The Morgan fingerprint density at radius 3 is 1.97 bits per heavy atom. The smallest absolute Gasteiger partial charge is 0.326 e. The van der Waals surface area contributed by atoms with Crippen molar-refractivity contribution >= 4 is 54.0 Å². The van der Waals surface area contributed by atoms with Gasteiger partial charge in [0.2, 0.25) is 23.6 Å². The molecule has 0 aliphatic carbocycles. The fourth-order valence-corrected chi connectivity index (χ4v) is 2.73. The van der Waals surface area contributed by atoms with E-state index in [0.717, 1.165) is 0 Å². The zero-order chi connectivity index (χ0) is 22.6. The van der Waals surface area contributed by atoms with Gasteiger partial charge in [0.1, 0.15) is 24.2 Å². The number of aliphatic hydroxyl groups excluding tert-OH is 1. The number of rotatable bonds is 14. The van der Waals surface area contributed by atoms with Crippen molar-refractivity contribution in [2.45, 2.75) is 37.0 Å². The molecule has 166 valence electrons. The summed E-state index contributed by atoms with van der Waals surface area (Å²) in [6.07, 6.45) is 1.39. The molecular weight excluding hydrogens is 426 g/mol. The predicted octanol–water partition coefficient (Wildman–Crippen LogP) is -3.60. The van der Waals surface area contributed by atoms with Crippen LogP contribution in [0.4, 0.5) is 0 Å². The Morgan fingerprint density at radius 1 is 1.00 bits per heavy atom. The maximum atomic E-state index is 12.5. The minimum atomic E-state index is -1.56. The Bertz CT molecular complexity index is 608. The van der Waals surface area contributed by atoms with Crippen LogP contribution in [0.2, 0.25) is 0 Å². The molecule has 0 rings (SSSR count). The summed E-state index contributed by atoms with van der Waals surface area (Å²) in [5.41, 5.74) is 10.4. The highest BCUT2D eigenvalue weighted by molar-refractivity contribution is 7.98. The Balaban J connectivity index is 5.15. The molecule has 0 bridgehead atoms. The molecule has 29 heavy (non-hydrogen) atoms. The number of thiol groups is 1. The first kappa shape index (κ1) is 27.0. The third kappa shape index (κ3) is 10.3. The van der Waals surface area contributed by atoms with Crippen molar-refractivity contribution in [1.82, 2.24) is 16.0 Å². The van der Waals surface area contributed by atoms with E-state index in [2.05, 4.69) is 28.6 Å². The Kier molecular flexibility index (Phi) is 13.0. The summed E-state index contributed by atoms with van der Waals surface area (Å²) < 4.78 is 0. The molecule has 0 aromatic carbocycles. The van der Waals surface area contributed by atoms with Gasteiger partial charge in [0.15, 0.2) is 0 Å². The van der Waals surface area contributed by atoms with Crippen molar-refractivity contribution in [3.8, 4) is 0 Å². The van der Waals surface area contributed by atoms with E-state index in [9.17, 15) is 24.0 Å². The molecule has 0 aliphatic rings. The van der Waals surface area contributed by atoms with Crippen LogP contribution in [0.1, 0.15) is 12.8 Å². The Hall–Kier alpha value is -2.03. The van der Waals surface area contributed by atoms with Crippen molar-refractivity contribution in [3.63, 3.8) is 0 Å². The zero-order valence-electron chi connectivity index (χ0n) is 15.8. The largest absolute Gasteiger partial charge is 0.480 e. The van der Waals surface area contributed by atoms with E-state index in [1.54, 1.807) is 6.26 Å². The van der Waals surface area contributed by atoms with E-state index < -0.39 is 66.8 Å². The van der Waals surface area contributed by atoms with E-state index in [0.29, 0.717) is 5.75 Å². The van der Waals surface area contributed by atoms with Gasteiger partial charge in [-0.05, 0) is 18.4 Å². The monoisotopic (exact) mass is 453 g/mol. The number of carboxylic acids is 1. The van der Waals surface area contributed by atoms with Crippen LogP contribution >= 0.6 is 24.4 Å². The van der Waals surface area contributed by atoms with E-state index in [1.807, 2.05) is 0 Å². The summed E-state index contributed by atoms with van der Waals surface area (Å²) >= 11 is 5.39. The number of nitrogens with two attached hydrogens (primary N) is 2. The molecular formula is C15H27N5O7S2. The number of primary amides is 1. The van der Waals surface area contributed by atoms with Gasteiger partial charge < -0.3 is 37.6 Å². The average molecular weight is 454 g/mol. The van der Waals surface area contributed by atoms with E-state index >= 15 is 0 Å². The van der Waals surface area contributed by atoms with Crippen LogP contribution in [-0.4, -0.2) is 88.3 Å². The number of aliphatic carboxylic acids is 1. The van der Waals surface area contributed by atoms with Crippen molar-refractivity contribution in [2.75, 3.05) is 24.4 Å². The topological polar surface area (TPSA) is 214 Å². The molecule has 0 saturated heterocycles. The van der Waals surface area contributed by atoms with Crippen molar-refractivity contribution in [1.29, 1.82) is 0 Å². The Labute approximate surface area is 177 Å². The summed E-state index contributed by atoms with van der Waals surface area (Å²) in [5, 5.41) is 24.9. The van der Waals surface area contributed by atoms with Crippen LogP contribution in [0.3, 0.4) is 0 Å². The molecule has 0 aliphatic heterocycles. The fourth-order valence-electron chi connectivity index (χ4n) is 2.01. The highest BCUT2D eigenvalue weighted by Crippen LogP contribution is 2.03. The summed E-state index contributed by atoms with van der Waals surface area (Å²) in [4.78, 5) is 58.8. The van der Waals surface area contributed by atoms with Gasteiger partial charge in [0, 0.05) is 5.75 Å². The second-order valence-electron chi connectivity index (χ2n) is 5.95. The normalized spacial score (nSPS) is 14.8. The van der Waals surface area contributed by atoms with Gasteiger partial charge in [-0.1, -0.05) is 0 Å². The van der Waals surface area contributed by atoms with Crippen LogP contribution in [0.25, 0.3) is 0 Å². The first-order chi connectivity index (χ1) is 13.6. The molecule has 14 heteroatoms. The SMILES string of the molecule is CSCCC(NC(=O)C(N)CO)C(=O)NC(CS)C(=O)NC(CC(N)=O)C(=O)O. The van der Waals surface area contributed by atoms with Crippen LogP contribution in [0, 0.1) is 0 Å². The average Bonchev–Trinajstić information content (AvgIpc) is 2.66. The van der Waals surface area contributed by atoms with E-state index in [1.165, 1.54) is 11.8 Å². The van der Waals surface area contributed by atoms with Gasteiger partial charge >= 0.3 is 5.97 Å². The van der Waals surface area contributed by atoms with Gasteiger partial charge in [-0.15, -0.1) is 0 Å². The predicted molar refractivity (Wildman–Crippen MR) is 109 cm³/mol. The lowest BCUT2D eigenvalue weighted by Gasteiger charge is -2.24. The number of amides is 4. The number of carbonyl (C=O) groups excluding carboxylic acids is 4. The second kappa shape index (κ2) is 14.0. The van der Waals surface area contributed by atoms with Crippen molar-refractivity contribution in [2.24, 2.45) is 11.5 Å². The minimum absolute atomic E-state index is 0.181. The third-order valence-electron chi connectivity index (χ3n) is 3.61. The quantitative estimate of drug-likeness (QED) is 0.122. The molecule has 0 radical (unpaired) electrons. The summed E-state index contributed by atoms with van der Waals surface area (Å²) in [6.45, 7) is -0.610. The molecule has 4 atom stereocenters. The van der Waals surface area contributed by atoms with Crippen LogP contribution in [0.15, 0.2) is 0 Å². The van der Waals surface area contributed by atoms with Crippen LogP contribution < -0.4 is 27.4 Å². The van der Waals surface area contributed by atoms with Gasteiger partial charge in [0.25, 0.3) is 0 Å². The summed E-state index contributed by atoms with van der Waals surface area (Å²) in [5.74, 6) is -4.41. The molecule has 4 amide bonds. The molecule has 0 fully saturated rings. The molecule has 12 nitrogen and oxygen atoms in total. The molecule has 4 unspecified atom stereocenters. The fraction of sp³-hybridized carbons (Fsp3) is 0.667. The maximum Gasteiger partial charge on any atom is 0.326 e. The number of carboxylic acid groups (broad SMARTS) is 1. The zero-order valence-corrected chi connectivity index (χ0v) is 17.5. The molecule has 0 aromatic heterocycles. The number of carbonyl (C=O) groups is 5. The lowest BCUT2D eigenvalue weighted by atomic mass is 10.1. The number of nitrogens with one attached hydrogen (secondary N) is 3. The highest BCUT2D eigenvalue weighted by atomic mass is 32.2. The molecule has 0 aromatic rings. The van der Waals surface area contributed by atoms with Crippen molar-refractivity contribution in [3.05, 3.63) is 0 Å². The van der Waals surface area contributed by atoms with Crippen LogP contribution in [0.5, 0.6) is 0 Å². The summed E-state index contributed by atoms with van der Waals surface area (Å²) in [6, 6.07) is -5.05. The Morgan fingerprint density at radius 2 is 1.52 bits per heavy atom. The minimum Gasteiger partial charge on any atom is -0.480 e. The van der Waals surface area contributed by atoms with E-state index in [-0.39, 0.29) is 12.2 Å². The number of hydrogen-bond acceptors (Lipinski definition) is 9. The molecule has 0 heterocycles. The number of hydrogen-bond donors (Lipinski definition) is 8. The first-order valence-corrected chi connectivity index (χ1v) is 10.5. The maximum absolute atomic E-state index is 12.5. The molecule has 0 saturated carbocycles. The lowest BCUT2D eigenvalue weighted by molar-refractivity contribution is -0.143. The van der Waals surface area contributed by atoms with Gasteiger partial charge in [-0.25, -0.2) is 4.79 Å². The number of aliphatic hydroxyl groups is 1. The standard InChI is InChI=1S/C15H27N5O7S2/c1-29-3-2-8(18-12(23)7(16)5-21)13(24)20-10(6-28)14(25)19-9(15(26)27)4-11(17)22/h7-10,21,28H,2-6,16H2,1H3,(H2,17,22)(H,18,23)(H,19,25)(H,20,24)(H,26,27). The lowest BCUT2D eigenvalue weighted by Crippen LogP contribution is -2.58. The van der Waals surface area contributed by atoms with Gasteiger partial charge in [-0.2, -0.15) is 24.4 Å². The third-order valence-corrected chi connectivity index (χ3v) is 4.62. The van der Waals surface area contributed by atoms with Crippen LogP contribution in [-0.2, 0) is 24.0 Å². The highest BCUT2D eigenvalue weighted by Gasteiger charge is 2.30. The molecule has 9 N–H and O–H groups in total. The molecule has 0 spiro atoms. The first-order valence-electron chi connectivity index (χ1n) is 8.45. The number of thioether (sulfide) groups is 1.